The van der Waals surface area contributed by atoms with Crippen molar-refractivity contribution in [2.75, 3.05) is 18.0 Å². The predicted octanol–water partition coefficient (Wildman–Crippen LogP) is 2.51. The smallest absolute Gasteiger partial charge is 0.308 e. The highest BCUT2D eigenvalue weighted by molar-refractivity contribution is 7.22. The van der Waals surface area contributed by atoms with Gasteiger partial charge >= 0.3 is 5.97 Å². The zero-order chi connectivity index (χ0) is 15.0. The van der Waals surface area contributed by atoms with Crippen LogP contribution in [0.2, 0.25) is 0 Å². The topological polar surface area (TPSA) is 96.6 Å². The number of fused-ring (bicyclic) bond motifs is 1. The van der Waals surface area contributed by atoms with Gasteiger partial charge < -0.3 is 10.0 Å². The standard InChI is InChI=1S/C13H13N3O4S/c17-12(18)8-2-1-5-15(7-8)13-14-10-6-9(16(19)20)3-4-11(10)21-13/h3-4,6,8H,1-2,5,7H2,(H,17,18)/t8-/m0/s1. The van der Waals surface area contributed by atoms with E-state index < -0.39 is 10.9 Å². The van der Waals surface area contributed by atoms with Crippen molar-refractivity contribution in [2.45, 2.75) is 12.8 Å². The first-order valence-electron chi connectivity index (χ1n) is 6.57. The van der Waals surface area contributed by atoms with Gasteiger partial charge in [-0.15, -0.1) is 0 Å². The highest BCUT2D eigenvalue weighted by Crippen LogP contribution is 2.33. The number of aliphatic carboxylic acids is 1. The van der Waals surface area contributed by atoms with Crippen molar-refractivity contribution in [3.05, 3.63) is 28.3 Å². The van der Waals surface area contributed by atoms with Gasteiger partial charge in [-0.25, -0.2) is 4.98 Å². The Morgan fingerprint density at radius 3 is 3.05 bits per heavy atom. The largest absolute Gasteiger partial charge is 0.481 e. The molecule has 1 saturated heterocycles. The number of non-ortho nitro benzene ring substituents is 1. The van der Waals surface area contributed by atoms with Gasteiger partial charge in [0.2, 0.25) is 0 Å². The first kappa shape index (κ1) is 13.7. The highest BCUT2D eigenvalue weighted by atomic mass is 32.1. The minimum absolute atomic E-state index is 0.0152. The number of nitro benzene ring substituents is 1. The average Bonchev–Trinajstić information content (AvgIpc) is 2.90. The van der Waals surface area contributed by atoms with Gasteiger partial charge in [-0.1, -0.05) is 11.3 Å². The van der Waals surface area contributed by atoms with Crippen molar-refractivity contribution in [1.82, 2.24) is 4.98 Å². The molecule has 1 aliphatic rings. The van der Waals surface area contributed by atoms with E-state index in [1.165, 1.54) is 23.5 Å². The molecule has 0 spiro atoms. The number of carbonyl (C=O) groups is 1. The van der Waals surface area contributed by atoms with Crippen molar-refractivity contribution in [2.24, 2.45) is 5.92 Å². The first-order chi connectivity index (χ1) is 10.0. The summed E-state index contributed by atoms with van der Waals surface area (Å²) in [4.78, 5) is 27.8. The Kier molecular flexibility index (Phi) is 3.46. The fourth-order valence-corrected chi connectivity index (χ4v) is 3.49. The second-order valence-electron chi connectivity index (χ2n) is 5.03. The summed E-state index contributed by atoms with van der Waals surface area (Å²) in [5.74, 6) is -1.16. The van der Waals surface area contributed by atoms with Crippen molar-refractivity contribution in [1.29, 1.82) is 0 Å². The van der Waals surface area contributed by atoms with E-state index in [-0.39, 0.29) is 11.6 Å². The molecular weight excluding hydrogens is 294 g/mol. The van der Waals surface area contributed by atoms with Gasteiger partial charge in [0, 0.05) is 25.2 Å². The summed E-state index contributed by atoms with van der Waals surface area (Å²) >= 11 is 1.44. The number of aromatic nitrogens is 1. The zero-order valence-corrected chi connectivity index (χ0v) is 11.9. The predicted molar refractivity (Wildman–Crippen MR) is 78.8 cm³/mol. The molecule has 1 aliphatic heterocycles. The molecule has 2 aromatic rings. The Hall–Kier alpha value is -2.22. The third-order valence-electron chi connectivity index (χ3n) is 3.61. The fraction of sp³-hybridized carbons (Fsp3) is 0.385. The second-order valence-corrected chi connectivity index (χ2v) is 6.04. The number of rotatable bonds is 3. The summed E-state index contributed by atoms with van der Waals surface area (Å²) in [6, 6.07) is 4.60. The van der Waals surface area contributed by atoms with Crippen molar-refractivity contribution in [3.63, 3.8) is 0 Å². The maximum absolute atomic E-state index is 11.1. The van der Waals surface area contributed by atoms with E-state index in [0.717, 1.165) is 22.8 Å². The van der Waals surface area contributed by atoms with Gasteiger partial charge in [-0.3, -0.25) is 14.9 Å². The van der Waals surface area contributed by atoms with Crippen molar-refractivity contribution < 1.29 is 14.8 Å². The maximum Gasteiger partial charge on any atom is 0.308 e. The van der Waals surface area contributed by atoms with E-state index in [9.17, 15) is 14.9 Å². The lowest BCUT2D eigenvalue weighted by atomic mass is 9.99. The molecule has 110 valence electrons. The highest BCUT2D eigenvalue weighted by Gasteiger charge is 2.27. The number of nitro groups is 1. The van der Waals surface area contributed by atoms with Gasteiger partial charge in [-0.05, 0) is 18.9 Å². The Morgan fingerprint density at radius 2 is 2.33 bits per heavy atom. The van der Waals surface area contributed by atoms with Crippen LogP contribution in [0.3, 0.4) is 0 Å². The molecule has 1 aromatic carbocycles. The van der Waals surface area contributed by atoms with Gasteiger partial charge in [0.1, 0.15) is 0 Å². The molecule has 21 heavy (non-hydrogen) atoms. The number of carboxylic acids is 1. The summed E-state index contributed by atoms with van der Waals surface area (Å²) in [6.07, 6.45) is 1.50. The summed E-state index contributed by atoms with van der Waals surface area (Å²) < 4.78 is 0.869. The number of hydrogen-bond acceptors (Lipinski definition) is 6. The molecule has 0 amide bonds. The molecule has 0 bridgehead atoms. The minimum Gasteiger partial charge on any atom is -0.481 e. The quantitative estimate of drug-likeness (QED) is 0.691. The van der Waals surface area contributed by atoms with E-state index in [0.29, 0.717) is 18.5 Å². The van der Waals surface area contributed by atoms with Crippen LogP contribution in [0.4, 0.5) is 10.8 Å². The summed E-state index contributed by atoms with van der Waals surface area (Å²) in [6.45, 7) is 1.21. The second kappa shape index (κ2) is 5.28. The molecule has 2 heterocycles. The van der Waals surface area contributed by atoms with Crippen molar-refractivity contribution >= 4 is 38.3 Å². The number of nitrogens with zero attached hydrogens (tertiary/aromatic N) is 3. The lowest BCUT2D eigenvalue weighted by Crippen LogP contribution is -2.38. The normalized spacial score (nSPS) is 18.9. The van der Waals surface area contributed by atoms with E-state index in [2.05, 4.69) is 4.98 Å². The Labute approximate surface area is 124 Å². The number of thiazole rings is 1. The summed E-state index contributed by atoms with van der Waals surface area (Å²) in [5.41, 5.74) is 0.600. The Bertz CT molecular complexity index is 715. The third kappa shape index (κ3) is 2.66. The Morgan fingerprint density at radius 1 is 1.52 bits per heavy atom. The van der Waals surface area contributed by atoms with Crippen LogP contribution in [0.1, 0.15) is 12.8 Å². The van der Waals surface area contributed by atoms with Crippen LogP contribution in [-0.2, 0) is 4.79 Å². The van der Waals surface area contributed by atoms with Crippen LogP contribution in [-0.4, -0.2) is 34.1 Å². The molecule has 0 unspecified atom stereocenters. The van der Waals surface area contributed by atoms with E-state index in [1.54, 1.807) is 6.07 Å². The molecular formula is C13H13N3O4S. The molecule has 0 aliphatic carbocycles. The van der Waals surface area contributed by atoms with Crippen LogP contribution in [0.5, 0.6) is 0 Å². The molecule has 0 saturated carbocycles. The maximum atomic E-state index is 11.1. The number of piperidine rings is 1. The van der Waals surface area contributed by atoms with Crippen LogP contribution in [0.15, 0.2) is 18.2 Å². The molecule has 1 atom stereocenters. The van der Waals surface area contributed by atoms with E-state index in [4.69, 9.17) is 5.11 Å². The fourth-order valence-electron chi connectivity index (χ4n) is 2.50. The van der Waals surface area contributed by atoms with Gasteiger partial charge in [0.25, 0.3) is 5.69 Å². The number of carboxylic acid groups (broad SMARTS) is 1. The molecule has 1 aromatic heterocycles. The number of anilines is 1. The van der Waals surface area contributed by atoms with Gasteiger partial charge in [-0.2, -0.15) is 0 Å². The van der Waals surface area contributed by atoms with Gasteiger partial charge in [0.05, 0.1) is 21.1 Å². The van der Waals surface area contributed by atoms with Crippen LogP contribution >= 0.6 is 11.3 Å². The number of benzene rings is 1. The molecule has 0 radical (unpaired) electrons. The zero-order valence-electron chi connectivity index (χ0n) is 11.1. The van der Waals surface area contributed by atoms with Gasteiger partial charge in [0.15, 0.2) is 5.13 Å². The van der Waals surface area contributed by atoms with Crippen LogP contribution < -0.4 is 4.90 Å². The number of hydrogen-bond donors (Lipinski definition) is 1. The van der Waals surface area contributed by atoms with E-state index in [1.807, 2.05) is 4.90 Å². The third-order valence-corrected chi connectivity index (χ3v) is 4.71. The Balaban J connectivity index is 1.90. The molecule has 7 nitrogen and oxygen atoms in total. The van der Waals surface area contributed by atoms with Crippen LogP contribution in [0.25, 0.3) is 10.2 Å². The monoisotopic (exact) mass is 307 g/mol. The van der Waals surface area contributed by atoms with Crippen LogP contribution in [0, 0.1) is 16.0 Å². The molecule has 1 fully saturated rings. The molecule has 8 heteroatoms. The lowest BCUT2D eigenvalue weighted by Gasteiger charge is -2.30. The molecule has 1 N–H and O–H groups in total. The lowest BCUT2D eigenvalue weighted by molar-refractivity contribution is -0.384. The molecule has 3 rings (SSSR count). The van der Waals surface area contributed by atoms with E-state index >= 15 is 0 Å². The summed E-state index contributed by atoms with van der Waals surface area (Å²) in [7, 11) is 0. The minimum atomic E-state index is -0.781. The van der Waals surface area contributed by atoms with Crippen molar-refractivity contribution in [3.8, 4) is 0 Å². The summed E-state index contributed by atoms with van der Waals surface area (Å²) in [5, 5.41) is 20.6. The average molecular weight is 307 g/mol. The first-order valence-corrected chi connectivity index (χ1v) is 7.39. The SMILES string of the molecule is O=C(O)[C@H]1CCCN(c2nc3cc([N+](=O)[O-])ccc3s2)C1.